The Morgan fingerprint density at radius 3 is 2.75 bits per heavy atom. The SMILES string of the molecule is CC[C@]1(C)SC(N)=NN1C(C)=O. The second-order valence-corrected chi connectivity index (χ2v) is 4.40. The summed E-state index contributed by atoms with van der Waals surface area (Å²) >= 11 is 1.44. The van der Waals surface area contributed by atoms with Crippen molar-refractivity contribution in [1.82, 2.24) is 5.01 Å². The van der Waals surface area contributed by atoms with Gasteiger partial charge in [0.05, 0.1) is 0 Å². The Morgan fingerprint density at radius 2 is 2.42 bits per heavy atom. The molecule has 4 nitrogen and oxygen atoms in total. The van der Waals surface area contributed by atoms with E-state index in [1.54, 1.807) is 0 Å². The molecule has 1 heterocycles. The second-order valence-electron chi connectivity index (χ2n) is 2.90. The van der Waals surface area contributed by atoms with Crippen molar-refractivity contribution >= 4 is 22.8 Å². The largest absolute Gasteiger partial charge is 0.377 e. The second kappa shape index (κ2) is 2.97. The minimum Gasteiger partial charge on any atom is -0.377 e. The van der Waals surface area contributed by atoms with E-state index in [-0.39, 0.29) is 10.8 Å². The fourth-order valence-corrected chi connectivity index (χ4v) is 2.09. The normalized spacial score (nSPS) is 28.9. The fourth-order valence-electron chi connectivity index (χ4n) is 1.12. The van der Waals surface area contributed by atoms with Gasteiger partial charge in [-0.3, -0.25) is 4.79 Å². The first-order valence-corrected chi connectivity index (χ1v) is 4.65. The number of hydrogen-bond donors (Lipinski definition) is 1. The van der Waals surface area contributed by atoms with Crippen molar-refractivity contribution in [3.63, 3.8) is 0 Å². The highest BCUT2D eigenvalue weighted by Gasteiger charge is 2.39. The summed E-state index contributed by atoms with van der Waals surface area (Å²) in [6.07, 6.45) is 0.835. The van der Waals surface area contributed by atoms with Crippen LogP contribution in [0.4, 0.5) is 0 Å². The molecule has 2 N–H and O–H groups in total. The fraction of sp³-hybridized carbons (Fsp3) is 0.714. The van der Waals surface area contributed by atoms with Crippen LogP contribution in [-0.2, 0) is 4.79 Å². The number of hydrazone groups is 1. The van der Waals surface area contributed by atoms with Crippen molar-refractivity contribution in [2.45, 2.75) is 32.1 Å². The van der Waals surface area contributed by atoms with E-state index < -0.39 is 0 Å². The third kappa shape index (κ3) is 1.41. The minimum absolute atomic E-state index is 0.0627. The van der Waals surface area contributed by atoms with Crippen molar-refractivity contribution in [3.8, 4) is 0 Å². The van der Waals surface area contributed by atoms with Gasteiger partial charge >= 0.3 is 0 Å². The van der Waals surface area contributed by atoms with Crippen LogP contribution in [-0.4, -0.2) is 21.0 Å². The number of nitrogens with two attached hydrogens (primary N) is 1. The molecule has 0 aromatic heterocycles. The maximum Gasteiger partial charge on any atom is 0.240 e. The maximum absolute atomic E-state index is 11.1. The monoisotopic (exact) mass is 187 g/mol. The summed E-state index contributed by atoms with van der Waals surface area (Å²) in [7, 11) is 0. The summed E-state index contributed by atoms with van der Waals surface area (Å²) < 4.78 is 0. The molecule has 12 heavy (non-hydrogen) atoms. The summed E-state index contributed by atoms with van der Waals surface area (Å²) in [4.78, 5) is 10.8. The van der Waals surface area contributed by atoms with Crippen molar-refractivity contribution in [3.05, 3.63) is 0 Å². The Hall–Kier alpha value is -0.710. The summed E-state index contributed by atoms with van der Waals surface area (Å²) in [6.45, 7) is 5.47. The zero-order valence-corrected chi connectivity index (χ0v) is 8.31. The first-order chi connectivity index (χ1) is 5.49. The quantitative estimate of drug-likeness (QED) is 0.664. The van der Waals surface area contributed by atoms with E-state index in [1.807, 2.05) is 13.8 Å². The summed E-state index contributed by atoms with van der Waals surface area (Å²) in [5.41, 5.74) is 5.53. The molecule has 5 heteroatoms. The lowest BCUT2D eigenvalue weighted by atomic mass is 10.2. The van der Waals surface area contributed by atoms with Crippen LogP contribution in [0.15, 0.2) is 5.10 Å². The number of thioether (sulfide) groups is 1. The molecule has 0 aromatic rings. The average molecular weight is 187 g/mol. The molecule has 1 aliphatic rings. The number of amidine groups is 1. The molecular weight excluding hydrogens is 174 g/mol. The van der Waals surface area contributed by atoms with Crippen molar-refractivity contribution in [2.75, 3.05) is 0 Å². The van der Waals surface area contributed by atoms with Gasteiger partial charge < -0.3 is 5.73 Å². The van der Waals surface area contributed by atoms with E-state index in [1.165, 1.54) is 23.7 Å². The lowest BCUT2D eigenvalue weighted by Gasteiger charge is -2.28. The first-order valence-electron chi connectivity index (χ1n) is 3.83. The van der Waals surface area contributed by atoms with Crippen molar-refractivity contribution in [1.29, 1.82) is 0 Å². The molecule has 0 aliphatic carbocycles. The molecule has 1 amide bonds. The molecule has 0 fully saturated rings. The molecule has 68 valence electrons. The molecule has 1 rings (SSSR count). The zero-order valence-electron chi connectivity index (χ0n) is 7.50. The van der Waals surface area contributed by atoms with Gasteiger partial charge in [0.1, 0.15) is 4.87 Å². The van der Waals surface area contributed by atoms with E-state index in [0.717, 1.165) is 6.42 Å². The topological polar surface area (TPSA) is 58.7 Å². The Bertz CT molecular complexity index is 241. The van der Waals surface area contributed by atoms with E-state index in [0.29, 0.717) is 5.17 Å². The predicted octanol–water partition coefficient (Wildman–Crippen LogP) is 0.938. The van der Waals surface area contributed by atoms with E-state index >= 15 is 0 Å². The van der Waals surface area contributed by atoms with Crippen LogP contribution in [0.3, 0.4) is 0 Å². The third-order valence-corrected chi connectivity index (χ3v) is 3.12. The van der Waals surface area contributed by atoms with Crippen LogP contribution >= 0.6 is 11.8 Å². The van der Waals surface area contributed by atoms with Crippen LogP contribution in [0.5, 0.6) is 0 Å². The lowest BCUT2D eigenvalue weighted by molar-refractivity contribution is -0.131. The van der Waals surface area contributed by atoms with Crippen LogP contribution in [0.2, 0.25) is 0 Å². The molecule has 0 saturated carbocycles. The number of carbonyl (C=O) groups excluding carboxylic acids is 1. The van der Waals surface area contributed by atoms with Crippen molar-refractivity contribution < 1.29 is 4.79 Å². The molecule has 0 radical (unpaired) electrons. The number of hydrogen-bond acceptors (Lipinski definition) is 4. The Morgan fingerprint density at radius 1 is 1.83 bits per heavy atom. The summed E-state index contributed by atoms with van der Waals surface area (Å²) in [5, 5.41) is 5.87. The zero-order chi connectivity index (χ0) is 9.35. The summed E-state index contributed by atoms with van der Waals surface area (Å²) in [5.74, 6) is -0.0627. The van der Waals surface area contributed by atoms with Crippen LogP contribution in [0.25, 0.3) is 0 Å². The van der Waals surface area contributed by atoms with E-state index in [9.17, 15) is 4.79 Å². The highest BCUT2D eigenvalue weighted by Crippen LogP contribution is 2.37. The van der Waals surface area contributed by atoms with Crippen LogP contribution in [0, 0.1) is 0 Å². The maximum atomic E-state index is 11.1. The van der Waals surface area contributed by atoms with Gasteiger partial charge in [0.15, 0.2) is 5.17 Å². The Balaban J connectivity index is 2.88. The van der Waals surface area contributed by atoms with E-state index in [4.69, 9.17) is 5.73 Å². The third-order valence-electron chi connectivity index (χ3n) is 1.93. The average Bonchev–Trinajstić information content (AvgIpc) is 2.27. The predicted molar refractivity (Wildman–Crippen MR) is 50.4 cm³/mol. The number of rotatable bonds is 1. The van der Waals surface area contributed by atoms with Crippen LogP contribution < -0.4 is 5.73 Å². The van der Waals surface area contributed by atoms with Crippen LogP contribution in [0.1, 0.15) is 27.2 Å². The lowest BCUT2D eigenvalue weighted by Crippen LogP contribution is -2.39. The molecular formula is C7H13N3OS. The Kier molecular flexibility index (Phi) is 2.32. The molecule has 0 bridgehead atoms. The number of amides is 1. The minimum atomic E-state index is -0.282. The standard InChI is InChI=1S/C7H13N3OS/c1-4-7(3)10(5(2)11)9-6(8)12-7/h4H2,1-3H3,(H2,8,9)/t7-/m0/s1. The van der Waals surface area contributed by atoms with Gasteiger partial charge in [0.2, 0.25) is 5.91 Å². The van der Waals surface area contributed by atoms with Gasteiger partial charge in [-0.15, -0.1) is 5.10 Å². The highest BCUT2D eigenvalue weighted by atomic mass is 32.2. The van der Waals surface area contributed by atoms with Gasteiger partial charge in [-0.2, -0.15) is 0 Å². The molecule has 1 aliphatic heterocycles. The van der Waals surface area contributed by atoms with Gasteiger partial charge in [-0.25, -0.2) is 5.01 Å². The van der Waals surface area contributed by atoms with Gasteiger partial charge in [0.25, 0.3) is 0 Å². The highest BCUT2D eigenvalue weighted by molar-refractivity contribution is 8.15. The molecule has 0 unspecified atom stereocenters. The molecule has 0 saturated heterocycles. The Labute approximate surface area is 76.2 Å². The van der Waals surface area contributed by atoms with Gasteiger partial charge in [-0.1, -0.05) is 18.7 Å². The summed E-state index contributed by atoms with van der Waals surface area (Å²) in [6, 6.07) is 0. The van der Waals surface area contributed by atoms with Gasteiger partial charge in [-0.05, 0) is 13.3 Å². The molecule has 0 aromatic carbocycles. The number of carbonyl (C=O) groups is 1. The van der Waals surface area contributed by atoms with Crippen molar-refractivity contribution in [2.24, 2.45) is 10.8 Å². The van der Waals surface area contributed by atoms with E-state index in [2.05, 4.69) is 5.10 Å². The first kappa shape index (κ1) is 9.38. The van der Waals surface area contributed by atoms with Gasteiger partial charge in [0, 0.05) is 6.92 Å². The molecule has 0 spiro atoms. The smallest absolute Gasteiger partial charge is 0.240 e. The number of nitrogens with zero attached hydrogens (tertiary/aromatic N) is 2. The molecule has 1 atom stereocenters.